The smallest absolute Gasteiger partial charge is 0.256 e. The number of amides is 1. The standard InChI is InChI=1S/C13H18N2O2/c1-8-4-11(16)10(7-14-8)12(17)15-6-9-5-13(9,2)3/h4,7,9H,5-6H2,1-3H3,(H,14,16)(H,15,17). The predicted octanol–water partition coefficient (Wildman–Crippen LogP) is 1.46. The van der Waals surface area contributed by atoms with Gasteiger partial charge in [0.05, 0.1) is 0 Å². The molecular formula is C13H18N2O2. The highest BCUT2D eigenvalue weighted by Gasteiger charge is 2.45. The molecule has 0 spiro atoms. The monoisotopic (exact) mass is 234 g/mol. The van der Waals surface area contributed by atoms with E-state index in [0.29, 0.717) is 17.9 Å². The zero-order chi connectivity index (χ0) is 12.6. The van der Waals surface area contributed by atoms with Gasteiger partial charge < -0.3 is 10.3 Å². The molecular weight excluding hydrogens is 216 g/mol. The molecule has 1 aromatic heterocycles. The predicted molar refractivity (Wildman–Crippen MR) is 66.0 cm³/mol. The average molecular weight is 234 g/mol. The van der Waals surface area contributed by atoms with Gasteiger partial charge in [0.2, 0.25) is 0 Å². The van der Waals surface area contributed by atoms with Crippen molar-refractivity contribution in [3.63, 3.8) is 0 Å². The van der Waals surface area contributed by atoms with Crippen molar-refractivity contribution in [3.05, 3.63) is 33.7 Å². The quantitative estimate of drug-likeness (QED) is 0.831. The van der Waals surface area contributed by atoms with Crippen LogP contribution >= 0.6 is 0 Å². The molecule has 92 valence electrons. The number of aryl methyl sites for hydroxylation is 1. The highest BCUT2D eigenvalue weighted by atomic mass is 16.2. The minimum atomic E-state index is -0.283. The summed E-state index contributed by atoms with van der Waals surface area (Å²) < 4.78 is 0. The largest absolute Gasteiger partial charge is 0.364 e. The maximum Gasteiger partial charge on any atom is 0.256 e. The van der Waals surface area contributed by atoms with Crippen LogP contribution in [-0.4, -0.2) is 17.4 Å². The first kappa shape index (κ1) is 11.9. The highest BCUT2D eigenvalue weighted by molar-refractivity contribution is 5.93. The number of H-pyrrole nitrogens is 1. The molecule has 1 unspecified atom stereocenters. The summed E-state index contributed by atoms with van der Waals surface area (Å²) in [5.74, 6) is 0.255. The molecule has 0 saturated heterocycles. The Bertz CT molecular complexity index is 502. The number of rotatable bonds is 3. The lowest BCUT2D eigenvalue weighted by Crippen LogP contribution is -2.30. The first-order valence-corrected chi connectivity index (χ1v) is 5.88. The zero-order valence-corrected chi connectivity index (χ0v) is 10.5. The van der Waals surface area contributed by atoms with E-state index in [-0.39, 0.29) is 16.9 Å². The first-order chi connectivity index (χ1) is 7.90. The third-order valence-electron chi connectivity index (χ3n) is 3.53. The van der Waals surface area contributed by atoms with Gasteiger partial charge in [-0.2, -0.15) is 0 Å². The van der Waals surface area contributed by atoms with Gasteiger partial charge in [-0.05, 0) is 24.7 Å². The second-order valence-electron chi connectivity index (χ2n) is 5.49. The normalized spacial score (nSPS) is 21.0. The summed E-state index contributed by atoms with van der Waals surface area (Å²) in [5.41, 5.74) is 1.06. The lowest BCUT2D eigenvalue weighted by Gasteiger charge is -2.06. The average Bonchev–Trinajstić information content (AvgIpc) is 2.83. The molecule has 1 fully saturated rings. The number of hydrogen-bond donors (Lipinski definition) is 2. The Balaban J connectivity index is 1.98. The van der Waals surface area contributed by atoms with Crippen LogP contribution in [0.4, 0.5) is 0 Å². The maximum absolute atomic E-state index is 11.8. The van der Waals surface area contributed by atoms with Crippen LogP contribution in [0.5, 0.6) is 0 Å². The minimum absolute atomic E-state index is 0.189. The van der Waals surface area contributed by atoms with E-state index >= 15 is 0 Å². The number of carbonyl (C=O) groups excluding carboxylic acids is 1. The molecule has 4 nitrogen and oxygen atoms in total. The SMILES string of the molecule is Cc1cc(=O)c(C(=O)NCC2CC2(C)C)c[nH]1. The van der Waals surface area contributed by atoms with E-state index in [1.807, 2.05) is 0 Å². The minimum Gasteiger partial charge on any atom is -0.364 e. The molecule has 4 heteroatoms. The summed E-state index contributed by atoms with van der Waals surface area (Å²) in [6, 6.07) is 1.44. The highest BCUT2D eigenvalue weighted by Crippen LogP contribution is 2.50. The maximum atomic E-state index is 11.8. The molecule has 1 aromatic rings. The molecule has 2 N–H and O–H groups in total. The summed E-state index contributed by atoms with van der Waals surface area (Å²) >= 11 is 0. The van der Waals surface area contributed by atoms with Crippen LogP contribution in [0, 0.1) is 18.3 Å². The number of pyridine rings is 1. The van der Waals surface area contributed by atoms with Gasteiger partial charge in [0.15, 0.2) is 5.43 Å². The number of aromatic nitrogens is 1. The first-order valence-electron chi connectivity index (χ1n) is 5.88. The van der Waals surface area contributed by atoms with Crippen molar-refractivity contribution in [1.82, 2.24) is 10.3 Å². The summed E-state index contributed by atoms with van der Waals surface area (Å²) in [6.07, 6.45) is 2.61. The van der Waals surface area contributed by atoms with Crippen molar-refractivity contribution in [2.75, 3.05) is 6.54 Å². The van der Waals surface area contributed by atoms with Crippen LogP contribution < -0.4 is 10.7 Å². The molecule has 17 heavy (non-hydrogen) atoms. The van der Waals surface area contributed by atoms with Gasteiger partial charge >= 0.3 is 0 Å². The van der Waals surface area contributed by atoms with Gasteiger partial charge in [-0.15, -0.1) is 0 Å². The molecule has 0 bridgehead atoms. The van der Waals surface area contributed by atoms with E-state index < -0.39 is 0 Å². The lowest BCUT2D eigenvalue weighted by atomic mass is 10.1. The van der Waals surface area contributed by atoms with Gasteiger partial charge in [-0.25, -0.2) is 0 Å². The van der Waals surface area contributed by atoms with Crippen LogP contribution in [0.25, 0.3) is 0 Å². The molecule has 0 aliphatic heterocycles. The van der Waals surface area contributed by atoms with Gasteiger partial charge in [-0.3, -0.25) is 9.59 Å². The van der Waals surface area contributed by atoms with Crippen LogP contribution in [0.1, 0.15) is 36.3 Å². The number of nitrogens with one attached hydrogen (secondary N) is 2. The van der Waals surface area contributed by atoms with Crippen LogP contribution in [-0.2, 0) is 0 Å². The Labute approximate surface area is 100 Å². The van der Waals surface area contributed by atoms with Crippen molar-refractivity contribution in [2.24, 2.45) is 11.3 Å². The van der Waals surface area contributed by atoms with Crippen molar-refractivity contribution in [1.29, 1.82) is 0 Å². The van der Waals surface area contributed by atoms with Gasteiger partial charge in [-0.1, -0.05) is 13.8 Å². The Morgan fingerprint density at radius 3 is 2.76 bits per heavy atom. The Hall–Kier alpha value is -1.58. The van der Waals surface area contributed by atoms with Gasteiger partial charge in [0, 0.05) is 24.5 Å². The number of aromatic amines is 1. The molecule has 0 radical (unpaired) electrons. The van der Waals surface area contributed by atoms with E-state index in [9.17, 15) is 9.59 Å². The molecule has 1 aliphatic carbocycles. The summed E-state index contributed by atoms with van der Waals surface area (Å²) in [5, 5.41) is 2.82. The van der Waals surface area contributed by atoms with E-state index in [1.54, 1.807) is 6.92 Å². The fourth-order valence-corrected chi connectivity index (χ4v) is 1.99. The van der Waals surface area contributed by atoms with Gasteiger partial charge in [0.1, 0.15) is 5.56 Å². The van der Waals surface area contributed by atoms with E-state index in [0.717, 1.165) is 12.1 Å². The van der Waals surface area contributed by atoms with Crippen molar-refractivity contribution >= 4 is 5.91 Å². The number of carbonyl (C=O) groups is 1. The molecule has 1 heterocycles. The second kappa shape index (κ2) is 4.02. The van der Waals surface area contributed by atoms with Crippen molar-refractivity contribution in [2.45, 2.75) is 27.2 Å². The van der Waals surface area contributed by atoms with Crippen LogP contribution in [0.15, 0.2) is 17.1 Å². The Morgan fingerprint density at radius 2 is 2.24 bits per heavy atom. The summed E-state index contributed by atoms with van der Waals surface area (Å²) in [4.78, 5) is 26.3. The third kappa shape index (κ3) is 2.57. The van der Waals surface area contributed by atoms with E-state index in [2.05, 4.69) is 24.1 Å². The van der Waals surface area contributed by atoms with E-state index in [1.165, 1.54) is 12.3 Å². The molecule has 1 atom stereocenters. The number of hydrogen-bond acceptors (Lipinski definition) is 2. The van der Waals surface area contributed by atoms with Crippen molar-refractivity contribution < 1.29 is 4.79 Å². The molecule has 2 rings (SSSR count). The fraction of sp³-hybridized carbons (Fsp3) is 0.538. The zero-order valence-electron chi connectivity index (χ0n) is 10.5. The van der Waals surface area contributed by atoms with Crippen LogP contribution in [0.2, 0.25) is 0 Å². The van der Waals surface area contributed by atoms with Gasteiger partial charge in [0.25, 0.3) is 5.91 Å². The topological polar surface area (TPSA) is 62.0 Å². The molecule has 1 aliphatic rings. The van der Waals surface area contributed by atoms with Crippen LogP contribution in [0.3, 0.4) is 0 Å². The fourth-order valence-electron chi connectivity index (χ4n) is 1.99. The third-order valence-corrected chi connectivity index (χ3v) is 3.53. The second-order valence-corrected chi connectivity index (χ2v) is 5.49. The molecule has 0 aromatic carbocycles. The Kier molecular flexibility index (Phi) is 2.81. The van der Waals surface area contributed by atoms with E-state index in [4.69, 9.17) is 0 Å². The van der Waals surface area contributed by atoms with Crippen molar-refractivity contribution in [3.8, 4) is 0 Å². The summed E-state index contributed by atoms with van der Waals surface area (Å²) in [6.45, 7) is 6.81. The summed E-state index contributed by atoms with van der Waals surface area (Å²) in [7, 11) is 0. The molecule has 1 saturated carbocycles. The lowest BCUT2D eigenvalue weighted by molar-refractivity contribution is 0.0949. The Morgan fingerprint density at radius 1 is 1.59 bits per heavy atom. The molecule has 1 amide bonds.